The van der Waals surface area contributed by atoms with Crippen LogP contribution in [0.3, 0.4) is 0 Å². The van der Waals surface area contributed by atoms with Crippen LogP contribution in [0.5, 0.6) is 5.75 Å². The second-order valence-electron chi connectivity index (χ2n) is 4.65. The molecule has 5 nitrogen and oxygen atoms in total. The van der Waals surface area contributed by atoms with Crippen molar-refractivity contribution >= 4 is 31.3 Å². The average molecular weight is 302 g/mol. The first-order valence-electron chi connectivity index (χ1n) is 6.00. The molecule has 1 fully saturated rings. The highest BCUT2D eigenvalue weighted by Crippen LogP contribution is 2.41. The Balaban J connectivity index is 2.08. The fourth-order valence-electron chi connectivity index (χ4n) is 2.19. The van der Waals surface area contributed by atoms with E-state index in [1.807, 2.05) is 0 Å². The molecule has 2 aliphatic rings. The number of carbonyl (C=O) groups is 1. The van der Waals surface area contributed by atoms with Crippen molar-refractivity contribution in [2.24, 2.45) is 5.92 Å². The maximum Gasteiger partial charge on any atom is 0.265 e. The van der Waals surface area contributed by atoms with Crippen LogP contribution in [0.25, 0.3) is 0 Å². The molecule has 1 aliphatic heterocycles. The summed E-state index contributed by atoms with van der Waals surface area (Å²) in [6.07, 6.45) is 1.80. The van der Waals surface area contributed by atoms with Crippen molar-refractivity contribution in [1.29, 1.82) is 0 Å². The highest BCUT2D eigenvalue weighted by Gasteiger charge is 2.37. The number of amides is 1. The SMILES string of the molecule is O=C(C1CC1)N1CCOc2c1cccc2S(=O)(=O)Cl. The van der Waals surface area contributed by atoms with Gasteiger partial charge in [-0.2, -0.15) is 0 Å². The van der Waals surface area contributed by atoms with Crippen molar-refractivity contribution < 1.29 is 17.9 Å². The van der Waals surface area contributed by atoms with Crippen LogP contribution in [0.4, 0.5) is 5.69 Å². The first kappa shape index (κ1) is 12.7. The second kappa shape index (κ2) is 4.38. The Labute approximate surface area is 115 Å². The van der Waals surface area contributed by atoms with Crippen LogP contribution in [-0.4, -0.2) is 27.5 Å². The van der Waals surface area contributed by atoms with Crippen molar-refractivity contribution in [3.05, 3.63) is 18.2 Å². The van der Waals surface area contributed by atoms with E-state index in [1.54, 1.807) is 17.0 Å². The molecular formula is C12H12ClNO4S. The summed E-state index contributed by atoms with van der Waals surface area (Å²) in [6, 6.07) is 4.63. The van der Waals surface area contributed by atoms with Gasteiger partial charge in [-0.05, 0) is 25.0 Å². The fourth-order valence-corrected chi connectivity index (χ4v) is 3.18. The van der Waals surface area contributed by atoms with Gasteiger partial charge in [0.25, 0.3) is 9.05 Å². The molecule has 0 saturated heterocycles. The number of hydrogen-bond acceptors (Lipinski definition) is 4. The van der Waals surface area contributed by atoms with Gasteiger partial charge in [0.1, 0.15) is 11.5 Å². The third-order valence-electron chi connectivity index (χ3n) is 3.27. The van der Waals surface area contributed by atoms with Crippen molar-refractivity contribution in [2.45, 2.75) is 17.7 Å². The number of carbonyl (C=O) groups excluding carboxylic acids is 1. The molecule has 19 heavy (non-hydrogen) atoms. The molecule has 0 radical (unpaired) electrons. The summed E-state index contributed by atoms with van der Waals surface area (Å²) >= 11 is 0. The van der Waals surface area contributed by atoms with Crippen LogP contribution in [0.15, 0.2) is 23.1 Å². The Bertz CT molecular complexity index is 639. The normalized spacial score (nSPS) is 18.7. The zero-order valence-corrected chi connectivity index (χ0v) is 11.6. The van der Waals surface area contributed by atoms with E-state index in [0.29, 0.717) is 12.2 Å². The molecule has 3 rings (SSSR count). The Morgan fingerprint density at radius 1 is 1.37 bits per heavy atom. The summed E-state index contributed by atoms with van der Waals surface area (Å²) in [6.45, 7) is 0.711. The number of fused-ring (bicyclic) bond motifs is 1. The van der Waals surface area contributed by atoms with Crippen molar-refractivity contribution in [2.75, 3.05) is 18.1 Å². The third-order valence-corrected chi connectivity index (χ3v) is 4.61. The number of halogens is 1. The number of nitrogens with zero attached hydrogens (tertiary/aromatic N) is 1. The lowest BCUT2D eigenvalue weighted by atomic mass is 10.2. The van der Waals surface area contributed by atoms with Gasteiger partial charge in [0.2, 0.25) is 5.91 Å². The van der Waals surface area contributed by atoms with Gasteiger partial charge in [-0.25, -0.2) is 8.42 Å². The summed E-state index contributed by atoms with van der Waals surface area (Å²) in [7, 11) is 1.50. The topological polar surface area (TPSA) is 63.7 Å². The number of benzene rings is 1. The lowest BCUT2D eigenvalue weighted by molar-refractivity contribution is -0.120. The van der Waals surface area contributed by atoms with Crippen LogP contribution in [0.2, 0.25) is 0 Å². The number of rotatable bonds is 2. The molecule has 0 spiro atoms. The summed E-state index contributed by atoms with van der Waals surface area (Å²) in [5.74, 6) is 0.286. The number of para-hydroxylation sites is 1. The Hall–Kier alpha value is -1.27. The number of ether oxygens (including phenoxy) is 1. The Kier molecular flexibility index (Phi) is 2.94. The summed E-state index contributed by atoms with van der Waals surface area (Å²) < 4.78 is 28.4. The maximum atomic E-state index is 12.2. The van der Waals surface area contributed by atoms with E-state index in [0.717, 1.165) is 12.8 Å². The lowest BCUT2D eigenvalue weighted by Crippen LogP contribution is -2.39. The Morgan fingerprint density at radius 2 is 2.11 bits per heavy atom. The molecule has 1 amide bonds. The predicted octanol–water partition coefficient (Wildman–Crippen LogP) is 1.75. The number of anilines is 1. The zero-order chi connectivity index (χ0) is 13.6. The summed E-state index contributed by atoms with van der Waals surface area (Å²) in [5, 5.41) is 0. The molecule has 1 aromatic carbocycles. The molecule has 0 bridgehead atoms. The van der Waals surface area contributed by atoms with Gasteiger partial charge in [-0.3, -0.25) is 4.79 Å². The molecule has 0 unspecified atom stereocenters. The summed E-state index contributed by atoms with van der Waals surface area (Å²) in [4.78, 5) is 13.7. The smallest absolute Gasteiger partial charge is 0.265 e. The monoisotopic (exact) mass is 301 g/mol. The van der Waals surface area contributed by atoms with Gasteiger partial charge in [0.15, 0.2) is 5.75 Å². The molecule has 7 heteroatoms. The molecule has 1 aromatic rings. The van der Waals surface area contributed by atoms with E-state index in [4.69, 9.17) is 15.4 Å². The second-order valence-corrected chi connectivity index (χ2v) is 7.19. The van der Waals surface area contributed by atoms with Crippen LogP contribution in [0, 0.1) is 5.92 Å². The van der Waals surface area contributed by atoms with Crippen LogP contribution in [0.1, 0.15) is 12.8 Å². The lowest BCUT2D eigenvalue weighted by Gasteiger charge is -2.30. The minimum Gasteiger partial charge on any atom is -0.488 e. The molecule has 0 N–H and O–H groups in total. The van der Waals surface area contributed by atoms with Gasteiger partial charge in [0, 0.05) is 16.6 Å². The minimum absolute atomic E-state index is 0.0358. The zero-order valence-electron chi connectivity index (χ0n) is 10.0. The van der Waals surface area contributed by atoms with Crippen LogP contribution in [-0.2, 0) is 13.8 Å². The van der Waals surface area contributed by atoms with Gasteiger partial charge < -0.3 is 9.64 Å². The minimum atomic E-state index is -3.89. The van der Waals surface area contributed by atoms with Gasteiger partial charge in [-0.1, -0.05) is 6.07 Å². The molecule has 1 aliphatic carbocycles. The average Bonchev–Trinajstić information content (AvgIpc) is 3.19. The molecular weight excluding hydrogens is 290 g/mol. The van der Waals surface area contributed by atoms with Gasteiger partial charge >= 0.3 is 0 Å². The largest absolute Gasteiger partial charge is 0.488 e. The van der Waals surface area contributed by atoms with Crippen molar-refractivity contribution in [1.82, 2.24) is 0 Å². The van der Waals surface area contributed by atoms with E-state index in [2.05, 4.69) is 0 Å². The third kappa shape index (κ3) is 2.30. The van der Waals surface area contributed by atoms with E-state index < -0.39 is 9.05 Å². The molecule has 1 saturated carbocycles. The van der Waals surface area contributed by atoms with Crippen LogP contribution < -0.4 is 9.64 Å². The van der Waals surface area contributed by atoms with Gasteiger partial charge in [0.05, 0.1) is 12.2 Å². The number of hydrogen-bond donors (Lipinski definition) is 0. The summed E-state index contributed by atoms with van der Waals surface area (Å²) in [5.41, 5.74) is 0.491. The highest BCUT2D eigenvalue weighted by molar-refractivity contribution is 8.13. The first-order valence-corrected chi connectivity index (χ1v) is 8.31. The molecule has 0 aromatic heterocycles. The van der Waals surface area contributed by atoms with Gasteiger partial charge in [-0.15, -0.1) is 0 Å². The molecule has 1 heterocycles. The van der Waals surface area contributed by atoms with E-state index in [9.17, 15) is 13.2 Å². The molecule has 102 valence electrons. The first-order chi connectivity index (χ1) is 8.98. The van der Waals surface area contributed by atoms with Crippen molar-refractivity contribution in [3.8, 4) is 5.75 Å². The molecule has 0 atom stereocenters. The predicted molar refractivity (Wildman–Crippen MR) is 70.1 cm³/mol. The highest BCUT2D eigenvalue weighted by atomic mass is 35.7. The maximum absolute atomic E-state index is 12.2. The van der Waals surface area contributed by atoms with Crippen LogP contribution >= 0.6 is 10.7 Å². The van der Waals surface area contributed by atoms with E-state index in [1.165, 1.54) is 6.07 Å². The Morgan fingerprint density at radius 3 is 2.74 bits per heavy atom. The fraction of sp³-hybridized carbons (Fsp3) is 0.417. The van der Waals surface area contributed by atoms with Crippen molar-refractivity contribution in [3.63, 3.8) is 0 Å². The standard InChI is InChI=1S/C12H12ClNO4S/c13-19(16,17)10-3-1-2-9-11(10)18-7-6-14(9)12(15)8-4-5-8/h1-3,8H,4-7H2. The quantitative estimate of drug-likeness (QED) is 0.781. The van der Waals surface area contributed by atoms with E-state index >= 15 is 0 Å². The van der Waals surface area contributed by atoms with E-state index in [-0.39, 0.29) is 29.1 Å².